The number of nitrogens with two attached hydrogens (primary N) is 1. The second-order valence-corrected chi connectivity index (χ2v) is 5.94. The van der Waals surface area contributed by atoms with Crippen LogP contribution in [0, 0.1) is 5.92 Å². The summed E-state index contributed by atoms with van der Waals surface area (Å²) in [5, 5.41) is 2.15. The molecular formula is C13H24N2S. The molecule has 0 spiro atoms. The number of nitrogens with zero attached hydrogens (tertiary/aromatic N) is 1. The van der Waals surface area contributed by atoms with Gasteiger partial charge in [-0.3, -0.25) is 0 Å². The monoisotopic (exact) mass is 240 g/mol. The quantitative estimate of drug-likeness (QED) is 0.828. The molecule has 0 amide bonds. The van der Waals surface area contributed by atoms with Crippen LogP contribution >= 0.6 is 11.3 Å². The van der Waals surface area contributed by atoms with Crippen LogP contribution in [-0.4, -0.2) is 30.6 Å². The van der Waals surface area contributed by atoms with E-state index in [0.29, 0.717) is 12.0 Å². The zero-order valence-corrected chi connectivity index (χ0v) is 11.6. The zero-order chi connectivity index (χ0) is 12.1. The Kier molecular flexibility index (Phi) is 5.46. The number of hydrogen-bond donors (Lipinski definition) is 1. The third-order valence-electron chi connectivity index (χ3n) is 3.30. The average Bonchev–Trinajstić information content (AvgIpc) is 2.69. The molecule has 0 bridgehead atoms. The van der Waals surface area contributed by atoms with Crippen molar-refractivity contribution in [2.24, 2.45) is 11.7 Å². The van der Waals surface area contributed by atoms with Crippen LogP contribution in [0.3, 0.4) is 0 Å². The molecule has 0 radical (unpaired) electrons. The highest BCUT2D eigenvalue weighted by atomic mass is 32.1. The van der Waals surface area contributed by atoms with Crippen LogP contribution in [0.2, 0.25) is 0 Å². The molecule has 0 saturated heterocycles. The molecule has 0 aliphatic rings. The maximum Gasteiger partial charge on any atom is 0.0112 e. The molecule has 1 rings (SSSR count). The van der Waals surface area contributed by atoms with Crippen molar-refractivity contribution in [3.05, 3.63) is 22.4 Å². The second kappa shape index (κ2) is 6.38. The first-order valence-electron chi connectivity index (χ1n) is 5.99. The van der Waals surface area contributed by atoms with Crippen molar-refractivity contribution in [3.8, 4) is 0 Å². The van der Waals surface area contributed by atoms with Gasteiger partial charge in [0.15, 0.2) is 0 Å². The molecule has 0 aliphatic carbocycles. The van der Waals surface area contributed by atoms with Crippen molar-refractivity contribution in [2.75, 3.05) is 13.6 Å². The fraction of sp³-hybridized carbons (Fsp3) is 0.692. The Hall–Kier alpha value is -0.380. The smallest absolute Gasteiger partial charge is 0.0112 e. The molecule has 3 heteroatoms. The maximum atomic E-state index is 5.90. The largest absolute Gasteiger partial charge is 0.328 e. The standard InChI is InChI=1S/C13H24N2S/c1-10(12(3)14)9-15(4)11(2)8-13-6-5-7-16-13/h5-7,10-12H,8-9,14H2,1-4H3. The normalized spacial score (nSPS) is 17.4. The van der Waals surface area contributed by atoms with Gasteiger partial charge in [-0.1, -0.05) is 13.0 Å². The lowest BCUT2D eigenvalue weighted by molar-refractivity contribution is 0.213. The first-order valence-corrected chi connectivity index (χ1v) is 6.87. The van der Waals surface area contributed by atoms with Gasteiger partial charge in [-0.2, -0.15) is 0 Å². The minimum absolute atomic E-state index is 0.274. The molecule has 0 aromatic carbocycles. The van der Waals surface area contributed by atoms with Crippen molar-refractivity contribution in [2.45, 2.75) is 39.3 Å². The van der Waals surface area contributed by atoms with Crippen LogP contribution in [-0.2, 0) is 6.42 Å². The van der Waals surface area contributed by atoms with Gasteiger partial charge in [0, 0.05) is 23.5 Å². The van der Waals surface area contributed by atoms with E-state index in [4.69, 9.17) is 5.73 Å². The Morgan fingerprint density at radius 2 is 2.06 bits per heavy atom. The third kappa shape index (κ3) is 4.24. The molecular weight excluding hydrogens is 216 g/mol. The molecule has 3 atom stereocenters. The van der Waals surface area contributed by atoms with E-state index in [1.165, 1.54) is 4.88 Å². The number of rotatable bonds is 6. The van der Waals surface area contributed by atoms with E-state index in [0.717, 1.165) is 13.0 Å². The zero-order valence-electron chi connectivity index (χ0n) is 10.8. The van der Waals surface area contributed by atoms with Crippen LogP contribution in [0.4, 0.5) is 0 Å². The topological polar surface area (TPSA) is 29.3 Å². The highest BCUT2D eigenvalue weighted by Gasteiger charge is 2.15. The van der Waals surface area contributed by atoms with Crippen LogP contribution < -0.4 is 5.73 Å². The number of likely N-dealkylation sites (N-methyl/N-ethyl adjacent to an activating group) is 1. The summed E-state index contributed by atoms with van der Waals surface area (Å²) in [6.45, 7) is 7.67. The van der Waals surface area contributed by atoms with E-state index in [-0.39, 0.29) is 6.04 Å². The van der Waals surface area contributed by atoms with Crippen molar-refractivity contribution in [1.29, 1.82) is 0 Å². The molecule has 16 heavy (non-hydrogen) atoms. The van der Waals surface area contributed by atoms with E-state index in [1.54, 1.807) is 0 Å². The molecule has 1 heterocycles. The van der Waals surface area contributed by atoms with Gasteiger partial charge in [-0.25, -0.2) is 0 Å². The summed E-state index contributed by atoms with van der Waals surface area (Å²) in [4.78, 5) is 3.88. The Morgan fingerprint density at radius 1 is 1.38 bits per heavy atom. The summed E-state index contributed by atoms with van der Waals surface area (Å²) in [7, 11) is 2.19. The molecule has 3 unspecified atom stereocenters. The fourth-order valence-corrected chi connectivity index (χ4v) is 2.50. The van der Waals surface area contributed by atoms with E-state index in [1.807, 2.05) is 11.3 Å². The number of hydrogen-bond acceptors (Lipinski definition) is 3. The molecule has 92 valence electrons. The van der Waals surface area contributed by atoms with Crippen LogP contribution in [0.1, 0.15) is 25.6 Å². The fourth-order valence-electron chi connectivity index (χ4n) is 1.68. The van der Waals surface area contributed by atoms with Crippen molar-refractivity contribution >= 4 is 11.3 Å². The van der Waals surface area contributed by atoms with E-state index in [2.05, 4.69) is 50.2 Å². The summed E-state index contributed by atoms with van der Waals surface area (Å²) < 4.78 is 0. The van der Waals surface area contributed by atoms with Crippen molar-refractivity contribution in [1.82, 2.24) is 4.90 Å². The first kappa shape index (κ1) is 13.7. The Bertz CT molecular complexity index is 282. The van der Waals surface area contributed by atoms with Gasteiger partial charge in [-0.15, -0.1) is 11.3 Å². The molecule has 0 fully saturated rings. The first-order chi connectivity index (χ1) is 7.50. The SMILES string of the molecule is CC(N)C(C)CN(C)C(C)Cc1cccs1. The van der Waals surface area contributed by atoms with Gasteiger partial charge in [0.1, 0.15) is 0 Å². The summed E-state index contributed by atoms with van der Waals surface area (Å²) in [6, 6.07) is 5.19. The number of thiophene rings is 1. The second-order valence-electron chi connectivity index (χ2n) is 4.91. The lowest BCUT2D eigenvalue weighted by Crippen LogP contribution is -2.39. The minimum atomic E-state index is 0.274. The lowest BCUT2D eigenvalue weighted by Gasteiger charge is -2.28. The van der Waals surface area contributed by atoms with Gasteiger partial charge in [0.05, 0.1) is 0 Å². The Labute approximate surface area is 103 Å². The highest BCUT2D eigenvalue weighted by molar-refractivity contribution is 7.09. The lowest BCUT2D eigenvalue weighted by atomic mass is 10.0. The minimum Gasteiger partial charge on any atom is -0.328 e. The molecule has 1 aromatic heterocycles. The maximum absolute atomic E-state index is 5.90. The third-order valence-corrected chi connectivity index (χ3v) is 4.20. The molecule has 0 saturated carbocycles. The van der Waals surface area contributed by atoms with Crippen molar-refractivity contribution in [3.63, 3.8) is 0 Å². The summed E-state index contributed by atoms with van der Waals surface area (Å²) in [5.74, 6) is 0.552. The summed E-state index contributed by atoms with van der Waals surface area (Å²) in [6.07, 6.45) is 1.14. The van der Waals surface area contributed by atoms with E-state index in [9.17, 15) is 0 Å². The Morgan fingerprint density at radius 3 is 2.56 bits per heavy atom. The summed E-state index contributed by atoms with van der Waals surface area (Å²) in [5.41, 5.74) is 5.90. The van der Waals surface area contributed by atoms with E-state index < -0.39 is 0 Å². The van der Waals surface area contributed by atoms with Crippen LogP contribution in [0.25, 0.3) is 0 Å². The highest BCUT2D eigenvalue weighted by Crippen LogP contribution is 2.14. The van der Waals surface area contributed by atoms with Crippen LogP contribution in [0.15, 0.2) is 17.5 Å². The van der Waals surface area contributed by atoms with Gasteiger partial charge >= 0.3 is 0 Å². The van der Waals surface area contributed by atoms with Gasteiger partial charge in [-0.05, 0) is 44.7 Å². The molecule has 2 N–H and O–H groups in total. The predicted molar refractivity (Wildman–Crippen MR) is 72.9 cm³/mol. The summed E-state index contributed by atoms with van der Waals surface area (Å²) >= 11 is 1.84. The molecule has 1 aromatic rings. The molecule has 0 aliphatic heterocycles. The van der Waals surface area contributed by atoms with Crippen LogP contribution in [0.5, 0.6) is 0 Å². The van der Waals surface area contributed by atoms with Gasteiger partial charge < -0.3 is 10.6 Å². The predicted octanol–water partition coefficient (Wildman–Crippen LogP) is 2.59. The molecule has 2 nitrogen and oxygen atoms in total. The average molecular weight is 240 g/mol. The Balaban J connectivity index is 2.38. The van der Waals surface area contributed by atoms with Gasteiger partial charge in [0.25, 0.3) is 0 Å². The van der Waals surface area contributed by atoms with Crippen molar-refractivity contribution < 1.29 is 0 Å². The van der Waals surface area contributed by atoms with E-state index >= 15 is 0 Å². The van der Waals surface area contributed by atoms with Gasteiger partial charge in [0.2, 0.25) is 0 Å².